The number of carbonyl (C=O) groups is 3. The highest BCUT2D eigenvalue weighted by Gasteiger charge is 2.56. The maximum Gasteiger partial charge on any atom is 0.340 e. The molecule has 0 radical (unpaired) electrons. The van der Waals surface area contributed by atoms with E-state index in [2.05, 4.69) is 10.6 Å². The molecule has 0 saturated heterocycles. The Morgan fingerprint density at radius 3 is 2.46 bits per heavy atom. The Kier molecular flexibility index (Phi) is 5.95. The Morgan fingerprint density at radius 2 is 1.83 bits per heavy atom. The van der Waals surface area contributed by atoms with Gasteiger partial charge in [-0.1, -0.05) is 25.5 Å². The molecular formula is C18H24N2O4. The van der Waals surface area contributed by atoms with Crippen molar-refractivity contribution in [2.45, 2.75) is 39.5 Å². The van der Waals surface area contributed by atoms with Gasteiger partial charge in [-0.3, -0.25) is 9.59 Å². The molecule has 0 spiro atoms. The van der Waals surface area contributed by atoms with E-state index in [1.54, 1.807) is 31.2 Å². The highest BCUT2D eigenvalue weighted by Crippen LogP contribution is 2.47. The first kappa shape index (κ1) is 18.0. The summed E-state index contributed by atoms with van der Waals surface area (Å²) in [6.45, 7) is 4.59. The van der Waals surface area contributed by atoms with Gasteiger partial charge in [0.25, 0.3) is 0 Å². The van der Waals surface area contributed by atoms with Crippen LogP contribution in [-0.4, -0.2) is 30.9 Å². The lowest BCUT2D eigenvalue weighted by molar-refractivity contribution is -0.134. The standard InChI is InChI=1S/C18H24N2O4/c1-3-5-12-19-16(22)18(10-11-18)17(23)20-14-9-7-6-8-13(14)15(21)24-4-2/h6-9H,3-5,10-12H2,1-2H3,(H,19,22)(H,20,23). The largest absolute Gasteiger partial charge is 0.462 e. The zero-order chi connectivity index (χ0) is 17.6. The van der Waals surface area contributed by atoms with Gasteiger partial charge in [0.05, 0.1) is 17.9 Å². The molecule has 1 saturated carbocycles. The first-order valence-corrected chi connectivity index (χ1v) is 8.41. The molecule has 130 valence electrons. The number of hydrogen-bond donors (Lipinski definition) is 2. The topological polar surface area (TPSA) is 84.5 Å². The number of benzene rings is 1. The van der Waals surface area contributed by atoms with Gasteiger partial charge in [0.1, 0.15) is 5.41 Å². The van der Waals surface area contributed by atoms with Gasteiger partial charge in [-0.25, -0.2) is 4.79 Å². The number of anilines is 1. The third-order valence-electron chi connectivity index (χ3n) is 4.11. The van der Waals surface area contributed by atoms with Crippen molar-refractivity contribution >= 4 is 23.5 Å². The Balaban J connectivity index is 2.07. The minimum Gasteiger partial charge on any atom is -0.462 e. The minimum atomic E-state index is -1.00. The number of rotatable bonds is 8. The van der Waals surface area contributed by atoms with E-state index in [1.807, 2.05) is 6.92 Å². The molecule has 0 aromatic heterocycles. The second-order valence-corrected chi connectivity index (χ2v) is 5.91. The van der Waals surface area contributed by atoms with Crippen LogP contribution in [0.2, 0.25) is 0 Å². The summed E-state index contributed by atoms with van der Waals surface area (Å²) >= 11 is 0. The Hall–Kier alpha value is -2.37. The van der Waals surface area contributed by atoms with E-state index in [4.69, 9.17) is 4.74 Å². The molecule has 6 heteroatoms. The van der Waals surface area contributed by atoms with Gasteiger partial charge in [-0.05, 0) is 38.3 Å². The third-order valence-corrected chi connectivity index (χ3v) is 4.11. The van der Waals surface area contributed by atoms with E-state index < -0.39 is 11.4 Å². The number of ether oxygens (including phenoxy) is 1. The molecule has 0 aliphatic heterocycles. The van der Waals surface area contributed by atoms with Crippen molar-refractivity contribution in [3.8, 4) is 0 Å². The number of esters is 1. The molecular weight excluding hydrogens is 308 g/mol. The van der Waals surface area contributed by atoms with Gasteiger partial charge in [0.15, 0.2) is 0 Å². The fourth-order valence-electron chi connectivity index (χ4n) is 2.45. The average molecular weight is 332 g/mol. The second kappa shape index (κ2) is 7.95. The van der Waals surface area contributed by atoms with Gasteiger partial charge < -0.3 is 15.4 Å². The predicted octanol–water partition coefficient (Wildman–Crippen LogP) is 2.50. The quantitative estimate of drug-likeness (QED) is 0.435. The SMILES string of the molecule is CCCCNC(=O)C1(C(=O)Nc2ccccc2C(=O)OCC)CC1. The average Bonchev–Trinajstić information content (AvgIpc) is 3.37. The highest BCUT2D eigenvalue weighted by atomic mass is 16.5. The second-order valence-electron chi connectivity index (χ2n) is 5.91. The van der Waals surface area contributed by atoms with Crippen molar-refractivity contribution in [3.63, 3.8) is 0 Å². The monoisotopic (exact) mass is 332 g/mol. The summed E-state index contributed by atoms with van der Waals surface area (Å²) in [7, 11) is 0. The first-order valence-electron chi connectivity index (χ1n) is 8.41. The van der Waals surface area contributed by atoms with Gasteiger partial charge in [-0.2, -0.15) is 0 Å². The zero-order valence-electron chi connectivity index (χ0n) is 14.2. The number of carbonyl (C=O) groups excluding carboxylic acids is 3. The number of hydrogen-bond acceptors (Lipinski definition) is 4. The number of amides is 2. The summed E-state index contributed by atoms with van der Waals surface area (Å²) in [5.41, 5.74) is -0.348. The fraction of sp³-hybridized carbons (Fsp3) is 0.500. The lowest BCUT2D eigenvalue weighted by Crippen LogP contribution is -2.40. The van der Waals surface area contributed by atoms with Crippen molar-refractivity contribution < 1.29 is 19.1 Å². The van der Waals surface area contributed by atoms with E-state index in [0.29, 0.717) is 25.1 Å². The Bertz CT molecular complexity index is 623. The van der Waals surface area contributed by atoms with Crippen molar-refractivity contribution in [1.82, 2.24) is 5.32 Å². The number of para-hydroxylation sites is 1. The molecule has 2 rings (SSSR count). The van der Waals surface area contributed by atoms with Gasteiger partial charge in [-0.15, -0.1) is 0 Å². The van der Waals surface area contributed by atoms with Crippen LogP contribution in [0, 0.1) is 5.41 Å². The molecule has 2 amide bonds. The van der Waals surface area contributed by atoms with Crippen molar-refractivity contribution in [3.05, 3.63) is 29.8 Å². The molecule has 6 nitrogen and oxygen atoms in total. The Morgan fingerprint density at radius 1 is 1.12 bits per heavy atom. The summed E-state index contributed by atoms with van der Waals surface area (Å²) in [6.07, 6.45) is 2.91. The Labute approximate surface area is 142 Å². The molecule has 2 N–H and O–H groups in total. The van der Waals surface area contributed by atoms with Crippen LogP contribution in [0.1, 0.15) is 49.9 Å². The van der Waals surface area contributed by atoms with Crippen LogP contribution >= 0.6 is 0 Å². The summed E-state index contributed by atoms with van der Waals surface area (Å²) < 4.78 is 4.99. The van der Waals surface area contributed by atoms with Crippen molar-refractivity contribution in [2.24, 2.45) is 5.41 Å². The van der Waals surface area contributed by atoms with Crippen LogP contribution in [0.15, 0.2) is 24.3 Å². The lowest BCUT2D eigenvalue weighted by Gasteiger charge is -2.16. The first-order chi connectivity index (χ1) is 11.5. The summed E-state index contributed by atoms with van der Waals surface area (Å²) in [5, 5.41) is 5.54. The van der Waals surface area contributed by atoms with Gasteiger partial charge in [0.2, 0.25) is 11.8 Å². The van der Waals surface area contributed by atoms with Crippen LogP contribution in [0.3, 0.4) is 0 Å². The maximum atomic E-state index is 12.6. The summed E-state index contributed by atoms with van der Waals surface area (Å²) in [6, 6.07) is 6.65. The maximum absolute atomic E-state index is 12.6. The van der Waals surface area contributed by atoms with E-state index in [9.17, 15) is 14.4 Å². The van der Waals surface area contributed by atoms with Crippen LogP contribution < -0.4 is 10.6 Å². The molecule has 1 aliphatic carbocycles. The number of unbranched alkanes of at least 4 members (excludes halogenated alkanes) is 1. The van der Waals surface area contributed by atoms with Gasteiger partial charge in [0, 0.05) is 6.54 Å². The molecule has 0 heterocycles. The fourth-order valence-corrected chi connectivity index (χ4v) is 2.45. The predicted molar refractivity (Wildman–Crippen MR) is 90.6 cm³/mol. The van der Waals surface area contributed by atoms with Crippen molar-refractivity contribution in [2.75, 3.05) is 18.5 Å². The molecule has 1 fully saturated rings. The molecule has 1 aromatic rings. The lowest BCUT2D eigenvalue weighted by atomic mass is 10.0. The smallest absolute Gasteiger partial charge is 0.340 e. The van der Waals surface area contributed by atoms with E-state index in [1.165, 1.54) is 0 Å². The minimum absolute atomic E-state index is 0.234. The third kappa shape index (κ3) is 3.93. The molecule has 0 atom stereocenters. The van der Waals surface area contributed by atoms with Crippen molar-refractivity contribution in [1.29, 1.82) is 0 Å². The molecule has 1 aromatic carbocycles. The highest BCUT2D eigenvalue weighted by molar-refractivity contribution is 6.14. The van der Waals surface area contributed by atoms with E-state index >= 15 is 0 Å². The van der Waals surface area contributed by atoms with E-state index in [0.717, 1.165) is 12.8 Å². The van der Waals surface area contributed by atoms with Crippen LogP contribution in [0.25, 0.3) is 0 Å². The summed E-state index contributed by atoms with van der Waals surface area (Å²) in [5.74, 6) is -1.10. The molecule has 0 unspecified atom stereocenters. The number of nitrogens with one attached hydrogen (secondary N) is 2. The normalized spacial score (nSPS) is 14.6. The zero-order valence-corrected chi connectivity index (χ0v) is 14.2. The van der Waals surface area contributed by atoms with Crippen LogP contribution in [-0.2, 0) is 14.3 Å². The molecule has 0 bridgehead atoms. The molecule has 24 heavy (non-hydrogen) atoms. The van der Waals surface area contributed by atoms with Crippen LogP contribution in [0.5, 0.6) is 0 Å². The van der Waals surface area contributed by atoms with Crippen LogP contribution in [0.4, 0.5) is 5.69 Å². The summed E-state index contributed by atoms with van der Waals surface area (Å²) in [4.78, 5) is 36.8. The van der Waals surface area contributed by atoms with Gasteiger partial charge >= 0.3 is 5.97 Å². The van der Waals surface area contributed by atoms with E-state index in [-0.39, 0.29) is 24.0 Å². The molecule has 1 aliphatic rings.